The molecular weight excluding hydrogens is 410 g/mol. The molecule has 0 radical (unpaired) electrons. The Labute approximate surface area is 188 Å². The molecule has 3 aromatic carbocycles. The molecule has 150 valence electrons. The van der Waals surface area contributed by atoms with E-state index in [4.69, 9.17) is 4.98 Å². The van der Waals surface area contributed by atoms with Crippen molar-refractivity contribution in [3.63, 3.8) is 0 Å². The van der Waals surface area contributed by atoms with Gasteiger partial charge < -0.3 is 4.57 Å². The van der Waals surface area contributed by atoms with E-state index in [9.17, 15) is 0 Å². The average Bonchev–Trinajstić information content (AvgIpc) is 3.41. The van der Waals surface area contributed by atoms with E-state index in [1.807, 2.05) is 35.9 Å². The number of rotatable bonds is 2. The van der Waals surface area contributed by atoms with Crippen LogP contribution in [-0.4, -0.2) is 14.5 Å². The molecule has 7 rings (SSSR count). The van der Waals surface area contributed by atoms with Crippen molar-refractivity contribution >= 4 is 53.4 Å². The summed E-state index contributed by atoms with van der Waals surface area (Å²) in [5.41, 5.74) is 6.69. The lowest BCUT2D eigenvalue weighted by Crippen LogP contribution is -1.95. The second kappa shape index (κ2) is 6.74. The molecular formula is C28H17N3S. The molecule has 7 aromatic rings. The van der Waals surface area contributed by atoms with Gasteiger partial charge in [-0.2, -0.15) is 0 Å². The van der Waals surface area contributed by atoms with Crippen LogP contribution in [0.15, 0.2) is 103 Å². The van der Waals surface area contributed by atoms with Crippen LogP contribution in [0.25, 0.3) is 59.1 Å². The van der Waals surface area contributed by atoms with E-state index in [1.54, 1.807) is 0 Å². The normalized spacial score (nSPS) is 11.8. The highest BCUT2D eigenvalue weighted by Crippen LogP contribution is 2.41. The second-order valence-corrected chi connectivity index (χ2v) is 8.97. The fraction of sp³-hybridized carbons (Fsp3) is 0. The largest absolute Gasteiger partial charge is 0.308 e. The maximum atomic E-state index is 4.91. The summed E-state index contributed by atoms with van der Waals surface area (Å²) in [6, 6.07) is 31.8. The van der Waals surface area contributed by atoms with E-state index >= 15 is 0 Å². The van der Waals surface area contributed by atoms with E-state index in [0.29, 0.717) is 0 Å². The van der Waals surface area contributed by atoms with Crippen LogP contribution in [0.1, 0.15) is 0 Å². The highest BCUT2D eigenvalue weighted by Gasteiger charge is 2.18. The molecule has 4 aromatic heterocycles. The van der Waals surface area contributed by atoms with E-state index in [2.05, 4.69) is 88.4 Å². The number of aromatic nitrogens is 3. The Morgan fingerprint density at radius 2 is 1.53 bits per heavy atom. The predicted molar refractivity (Wildman–Crippen MR) is 135 cm³/mol. The Hall–Kier alpha value is -4.02. The lowest BCUT2D eigenvalue weighted by molar-refractivity contribution is 1.18. The number of pyridine rings is 2. The fourth-order valence-corrected chi connectivity index (χ4v) is 5.87. The Balaban J connectivity index is 1.63. The van der Waals surface area contributed by atoms with Gasteiger partial charge in [0.15, 0.2) is 0 Å². The molecule has 0 saturated carbocycles. The quantitative estimate of drug-likeness (QED) is 0.284. The summed E-state index contributed by atoms with van der Waals surface area (Å²) in [5, 5.41) is 3.62. The molecule has 0 aliphatic carbocycles. The van der Waals surface area contributed by atoms with Crippen LogP contribution >= 0.6 is 11.3 Å². The minimum atomic E-state index is 0.976. The van der Waals surface area contributed by atoms with Crippen molar-refractivity contribution in [1.29, 1.82) is 0 Å². The highest BCUT2D eigenvalue weighted by molar-refractivity contribution is 7.26. The summed E-state index contributed by atoms with van der Waals surface area (Å²) in [6.07, 6.45) is 3.88. The minimum Gasteiger partial charge on any atom is -0.308 e. The zero-order valence-corrected chi connectivity index (χ0v) is 17.9. The topological polar surface area (TPSA) is 30.7 Å². The van der Waals surface area contributed by atoms with Crippen molar-refractivity contribution in [3.05, 3.63) is 103 Å². The highest BCUT2D eigenvalue weighted by atomic mass is 32.1. The van der Waals surface area contributed by atoms with Gasteiger partial charge >= 0.3 is 0 Å². The van der Waals surface area contributed by atoms with Crippen molar-refractivity contribution in [2.24, 2.45) is 0 Å². The number of benzene rings is 3. The summed E-state index contributed by atoms with van der Waals surface area (Å²) in [5.74, 6) is 0. The van der Waals surface area contributed by atoms with Gasteiger partial charge in [0.2, 0.25) is 0 Å². The van der Waals surface area contributed by atoms with Gasteiger partial charge in [-0.05, 0) is 36.4 Å². The molecule has 0 atom stereocenters. The third-order valence-corrected chi connectivity index (χ3v) is 7.25. The summed E-state index contributed by atoms with van der Waals surface area (Å²) >= 11 is 1.82. The Morgan fingerprint density at radius 3 is 2.44 bits per heavy atom. The average molecular weight is 428 g/mol. The van der Waals surface area contributed by atoms with E-state index in [-0.39, 0.29) is 0 Å². The van der Waals surface area contributed by atoms with Crippen LogP contribution in [-0.2, 0) is 0 Å². The van der Waals surface area contributed by atoms with Crippen LogP contribution in [0.3, 0.4) is 0 Å². The van der Waals surface area contributed by atoms with Gasteiger partial charge in [-0.1, -0.05) is 54.6 Å². The first-order valence-corrected chi connectivity index (χ1v) is 11.4. The summed E-state index contributed by atoms with van der Waals surface area (Å²) in [6.45, 7) is 0. The van der Waals surface area contributed by atoms with E-state index < -0.39 is 0 Å². The number of fused-ring (bicyclic) bond motifs is 7. The van der Waals surface area contributed by atoms with Crippen molar-refractivity contribution in [1.82, 2.24) is 14.5 Å². The molecule has 0 saturated heterocycles. The van der Waals surface area contributed by atoms with Gasteiger partial charge in [-0.25, -0.2) is 0 Å². The molecule has 0 spiro atoms. The van der Waals surface area contributed by atoms with Crippen molar-refractivity contribution in [3.8, 4) is 16.9 Å². The van der Waals surface area contributed by atoms with Crippen LogP contribution in [0.4, 0.5) is 0 Å². The number of thiophene rings is 1. The molecule has 4 heterocycles. The molecule has 0 bridgehead atoms. The zero-order valence-electron chi connectivity index (χ0n) is 17.1. The van der Waals surface area contributed by atoms with Gasteiger partial charge in [0.05, 0.1) is 26.9 Å². The Bertz CT molecular complexity index is 1780. The van der Waals surface area contributed by atoms with E-state index in [0.717, 1.165) is 22.5 Å². The van der Waals surface area contributed by atoms with Crippen LogP contribution in [0.2, 0.25) is 0 Å². The second-order valence-electron chi connectivity index (χ2n) is 7.91. The van der Waals surface area contributed by atoms with Crippen LogP contribution in [0.5, 0.6) is 0 Å². The summed E-state index contributed by atoms with van der Waals surface area (Å²) in [7, 11) is 0. The van der Waals surface area contributed by atoms with Crippen molar-refractivity contribution in [2.75, 3.05) is 0 Å². The molecule has 32 heavy (non-hydrogen) atoms. The van der Waals surface area contributed by atoms with Gasteiger partial charge in [0.1, 0.15) is 0 Å². The van der Waals surface area contributed by atoms with Gasteiger partial charge in [-0.15, -0.1) is 11.3 Å². The van der Waals surface area contributed by atoms with E-state index in [1.165, 1.54) is 36.6 Å². The maximum absolute atomic E-state index is 4.91. The molecule has 0 fully saturated rings. The van der Waals surface area contributed by atoms with Crippen LogP contribution < -0.4 is 0 Å². The first kappa shape index (κ1) is 17.6. The van der Waals surface area contributed by atoms with Gasteiger partial charge in [0, 0.05) is 44.5 Å². The molecule has 3 nitrogen and oxygen atoms in total. The third-order valence-electron chi connectivity index (χ3n) is 6.09. The lowest BCUT2D eigenvalue weighted by atomic mass is 10.1. The number of para-hydroxylation sites is 1. The Morgan fingerprint density at radius 1 is 0.688 bits per heavy atom. The third kappa shape index (κ3) is 2.47. The number of hydrogen-bond donors (Lipinski definition) is 0. The zero-order chi connectivity index (χ0) is 21.1. The van der Waals surface area contributed by atoms with Crippen molar-refractivity contribution < 1.29 is 0 Å². The van der Waals surface area contributed by atoms with Gasteiger partial charge in [0.25, 0.3) is 0 Å². The molecule has 4 heteroatoms. The maximum Gasteiger partial charge on any atom is 0.0910 e. The molecule has 0 amide bonds. The van der Waals surface area contributed by atoms with Crippen LogP contribution in [0, 0.1) is 0 Å². The standard InChI is InChI=1S/C28H17N3S/c1-3-13-24-20(10-1)22-17-30-26-21-11-2-4-14-25(21)32-28(26)27(22)31(24)19-9-7-8-18(16-19)23-12-5-6-15-29-23/h1-17H. The van der Waals surface area contributed by atoms with Crippen molar-refractivity contribution in [2.45, 2.75) is 0 Å². The molecule has 0 aliphatic heterocycles. The summed E-state index contributed by atoms with van der Waals surface area (Å²) < 4.78 is 4.88. The first-order valence-electron chi connectivity index (χ1n) is 10.6. The smallest absolute Gasteiger partial charge is 0.0910 e. The number of nitrogens with zero attached hydrogens (tertiary/aromatic N) is 3. The Kier molecular flexibility index (Phi) is 3.72. The minimum absolute atomic E-state index is 0.976. The predicted octanol–water partition coefficient (Wildman–Crippen LogP) is 7.61. The van der Waals surface area contributed by atoms with Gasteiger partial charge in [-0.3, -0.25) is 9.97 Å². The number of hydrogen-bond acceptors (Lipinski definition) is 3. The lowest BCUT2D eigenvalue weighted by Gasteiger charge is -2.10. The monoisotopic (exact) mass is 427 g/mol. The SMILES string of the molecule is c1ccc(-c2cccc(-n3c4ccccc4c4cnc5c6ccccc6sc5c43)c2)nc1. The molecule has 0 unspecified atom stereocenters. The summed E-state index contributed by atoms with van der Waals surface area (Å²) in [4.78, 5) is 9.46. The molecule has 0 N–H and O–H groups in total. The fourth-order valence-electron chi connectivity index (χ4n) is 4.68. The molecule has 0 aliphatic rings. The first-order chi connectivity index (χ1) is 15.9.